The molecule has 1 amide bonds. The van der Waals surface area contributed by atoms with Crippen molar-refractivity contribution in [2.24, 2.45) is 0 Å². The van der Waals surface area contributed by atoms with Crippen LogP contribution >= 0.6 is 11.6 Å². The summed E-state index contributed by atoms with van der Waals surface area (Å²) >= 11 is 5.67. The maximum absolute atomic E-state index is 13.5. The van der Waals surface area contributed by atoms with Crippen LogP contribution in [0.15, 0.2) is 42.6 Å². The van der Waals surface area contributed by atoms with E-state index in [4.69, 9.17) is 11.6 Å². The van der Waals surface area contributed by atoms with Gasteiger partial charge in [-0.05, 0) is 49.1 Å². The van der Waals surface area contributed by atoms with E-state index in [9.17, 15) is 31.1 Å². The zero-order valence-corrected chi connectivity index (χ0v) is 17.8. The van der Waals surface area contributed by atoms with Crippen molar-refractivity contribution in [3.05, 3.63) is 58.7 Å². The fourth-order valence-corrected chi connectivity index (χ4v) is 3.73. The van der Waals surface area contributed by atoms with E-state index in [-0.39, 0.29) is 23.3 Å². The van der Waals surface area contributed by atoms with Crippen molar-refractivity contribution in [1.29, 1.82) is 0 Å². The first-order chi connectivity index (χ1) is 15.4. The number of rotatable bonds is 5. The summed E-state index contributed by atoms with van der Waals surface area (Å²) in [6.07, 6.45) is -10.9. The number of ether oxygens (including phenoxy) is 1. The molecule has 2 aromatic rings. The molecule has 1 saturated heterocycles. The molecule has 0 spiro atoms. The number of benzene rings is 1. The number of amides is 1. The molecule has 0 bridgehead atoms. The van der Waals surface area contributed by atoms with Crippen LogP contribution in [0.5, 0.6) is 0 Å². The largest absolute Gasteiger partial charge is 0.435 e. The third-order valence-corrected chi connectivity index (χ3v) is 5.41. The second-order valence-corrected chi connectivity index (χ2v) is 8.08. The van der Waals surface area contributed by atoms with E-state index in [2.05, 4.69) is 15.0 Å². The highest BCUT2D eigenvalue weighted by molar-refractivity contribution is 6.30. The average Bonchev–Trinajstić information content (AvgIpc) is 2.74. The summed E-state index contributed by atoms with van der Waals surface area (Å²) in [4.78, 5) is 17.2. The molecular weight excluding hydrogens is 476 g/mol. The molecule has 5 nitrogen and oxygen atoms in total. The lowest BCUT2D eigenvalue weighted by molar-refractivity contribution is -0.207. The van der Waals surface area contributed by atoms with Crippen LogP contribution in [0, 0.1) is 0 Å². The number of pyridine rings is 1. The van der Waals surface area contributed by atoms with E-state index < -0.39 is 36.7 Å². The van der Waals surface area contributed by atoms with Gasteiger partial charge in [0.15, 0.2) is 0 Å². The van der Waals surface area contributed by atoms with Gasteiger partial charge in [0.05, 0.1) is 10.6 Å². The first-order valence-electron chi connectivity index (χ1n) is 9.97. The van der Waals surface area contributed by atoms with Crippen molar-refractivity contribution < 1.29 is 35.9 Å². The number of carbonyl (C=O) groups is 1. The Bertz CT molecular complexity index is 952. The van der Waals surface area contributed by atoms with Crippen LogP contribution in [-0.4, -0.2) is 47.9 Å². The van der Waals surface area contributed by atoms with Crippen LogP contribution in [0.4, 0.5) is 37.0 Å². The molecule has 1 N–H and O–H groups in total. The molecule has 33 heavy (non-hydrogen) atoms. The number of likely N-dealkylation sites (tertiary alicyclic amines) is 1. The molecule has 1 aliphatic heterocycles. The highest BCUT2D eigenvalue weighted by atomic mass is 35.5. The topological polar surface area (TPSA) is 54.5 Å². The number of halogens is 7. The molecular formula is C21H20ClF6N3O2. The summed E-state index contributed by atoms with van der Waals surface area (Å²) in [6.45, 7) is -0.232. The van der Waals surface area contributed by atoms with E-state index in [0.717, 1.165) is 12.1 Å². The van der Waals surface area contributed by atoms with Gasteiger partial charge in [0, 0.05) is 19.3 Å². The summed E-state index contributed by atoms with van der Waals surface area (Å²) < 4.78 is 84.3. The maximum atomic E-state index is 13.5. The molecule has 180 valence electrons. The van der Waals surface area contributed by atoms with Gasteiger partial charge >= 0.3 is 18.4 Å². The Labute approximate surface area is 190 Å². The standard InChI is InChI=1S/C21H20ClF6N3O2/c22-16-6-7-18(29-10-16)30-19(32)33-17(21(26,27)28)12-31-8-2-4-14(11-31)13-3-1-5-15(9-13)20(23,24)25/h1,3,5-7,9-10,14,17H,2,4,8,11-12H2,(H,29,30,32)/t14-,17?/m0/s1. The quantitative estimate of drug-likeness (QED) is 0.508. The van der Waals surface area contributed by atoms with Crippen LogP contribution in [0.2, 0.25) is 5.02 Å². The molecule has 1 aliphatic rings. The number of nitrogens with one attached hydrogen (secondary N) is 1. The summed E-state index contributed by atoms with van der Waals surface area (Å²) in [5.74, 6) is -0.407. The minimum atomic E-state index is -4.84. The lowest BCUT2D eigenvalue weighted by atomic mass is 9.89. The van der Waals surface area contributed by atoms with Gasteiger partial charge in [-0.15, -0.1) is 0 Å². The van der Waals surface area contributed by atoms with E-state index in [1.54, 1.807) is 0 Å². The molecule has 0 radical (unpaired) electrons. The number of carbonyl (C=O) groups excluding carboxylic acids is 1. The molecule has 1 aromatic heterocycles. The Hall–Kier alpha value is -2.53. The lowest BCUT2D eigenvalue weighted by Gasteiger charge is -2.35. The van der Waals surface area contributed by atoms with E-state index in [0.29, 0.717) is 24.9 Å². The molecule has 1 unspecified atom stereocenters. The minimum absolute atomic E-state index is 0.0343. The molecule has 1 fully saturated rings. The number of hydrogen-bond donors (Lipinski definition) is 1. The Kier molecular flexibility index (Phi) is 7.73. The summed E-state index contributed by atoms with van der Waals surface area (Å²) in [7, 11) is 0. The molecule has 0 saturated carbocycles. The summed E-state index contributed by atoms with van der Waals surface area (Å²) in [5.41, 5.74) is -0.397. The van der Waals surface area contributed by atoms with Crippen molar-refractivity contribution in [2.75, 3.05) is 25.0 Å². The first kappa shape index (κ1) is 25.1. The number of aromatic nitrogens is 1. The monoisotopic (exact) mass is 495 g/mol. The maximum Gasteiger partial charge on any atom is 0.426 e. The van der Waals surface area contributed by atoms with Gasteiger partial charge in [0.1, 0.15) is 5.82 Å². The SMILES string of the molecule is O=C(Nc1ccc(Cl)cn1)OC(CN1CCC[C@H](c2cccc(C(F)(F)F)c2)C1)C(F)(F)F. The number of nitrogens with zero attached hydrogens (tertiary/aromatic N) is 2. The number of anilines is 1. The Morgan fingerprint density at radius 3 is 2.61 bits per heavy atom. The highest BCUT2D eigenvalue weighted by Gasteiger charge is 2.44. The second kappa shape index (κ2) is 10.2. The molecule has 2 heterocycles. The molecule has 0 aliphatic carbocycles. The molecule has 12 heteroatoms. The van der Waals surface area contributed by atoms with Gasteiger partial charge in [0.2, 0.25) is 6.10 Å². The Morgan fingerprint density at radius 1 is 1.21 bits per heavy atom. The fraction of sp³-hybridized carbons (Fsp3) is 0.429. The van der Waals surface area contributed by atoms with E-state index in [1.165, 1.54) is 35.4 Å². The summed E-state index contributed by atoms with van der Waals surface area (Å²) in [5, 5.41) is 2.39. The third-order valence-electron chi connectivity index (χ3n) is 5.19. The Morgan fingerprint density at radius 2 is 1.97 bits per heavy atom. The summed E-state index contributed by atoms with van der Waals surface area (Å²) in [6, 6.07) is 7.50. The number of piperidine rings is 1. The van der Waals surface area contributed by atoms with Crippen LogP contribution in [0.3, 0.4) is 0 Å². The molecule has 1 aromatic carbocycles. The second-order valence-electron chi connectivity index (χ2n) is 7.64. The van der Waals surface area contributed by atoms with Gasteiger partial charge in [-0.1, -0.05) is 29.8 Å². The van der Waals surface area contributed by atoms with Gasteiger partial charge in [-0.2, -0.15) is 26.3 Å². The number of hydrogen-bond acceptors (Lipinski definition) is 4. The average molecular weight is 496 g/mol. The van der Waals surface area contributed by atoms with Crippen molar-refractivity contribution in [1.82, 2.24) is 9.88 Å². The van der Waals surface area contributed by atoms with Crippen molar-refractivity contribution in [3.63, 3.8) is 0 Å². The van der Waals surface area contributed by atoms with E-state index >= 15 is 0 Å². The third kappa shape index (κ3) is 7.23. The van der Waals surface area contributed by atoms with Gasteiger partial charge in [0.25, 0.3) is 0 Å². The van der Waals surface area contributed by atoms with Crippen LogP contribution in [0.1, 0.15) is 29.9 Å². The minimum Gasteiger partial charge on any atom is -0.435 e. The van der Waals surface area contributed by atoms with Crippen molar-refractivity contribution in [3.8, 4) is 0 Å². The smallest absolute Gasteiger partial charge is 0.426 e. The number of alkyl halides is 6. The predicted molar refractivity (Wildman–Crippen MR) is 109 cm³/mol. The van der Waals surface area contributed by atoms with Crippen LogP contribution < -0.4 is 5.32 Å². The van der Waals surface area contributed by atoms with Gasteiger partial charge < -0.3 is 4.74 Å². The zero-order valence-electron chi connectivity index (χ0n) is 17.1. The Balaban J connectivity index is 1.65. The fourth-order valence-electron chi connectivity index (χ4n) is 3.62. The lowest BCUT2D eigenvalue weighted by Crippen LogP contribution is -2.47. The first-order valence-corrected chi connectivity index (χ1v) is 10.3. The van der Waals surface area contributed by atoms with Crippen molar-refractivity contribution in [2.45, 2.75) is 37.2 Å². The van der Waals surface area contributed by atoms with E-state index in [1.807, 2.05) is 0 Å². The predicted octanol–water partition coefficient (Wildman–Crippen LogP) is 6.11. The van der Waals surface area contributed by atoms with Crippen LogP contribution in [0.25, 0.3) is 0 Å². The van der Waals surface area contributed by atoms with Crippen molar-refractivity contribution >= 4 is 23.5 Å². The highest BCUT2D eigenvalue weighted by Crippen LogP contribution is 2.34. The van der Waals surface area contributed by atoms with Gasteiger partial charge in [-0.3, -0.25) is 10.2 Å². The normalized spacial score (nSPS) is 18.6. The van der Waals surface area contributed by atoms with Gasteiger partial charge in [-0.25, -0.2) is 9.78 Å². The van der Waals surface area contributed by atoms with Crippen LogP contribution in [-0.2, 0) is 10.9 Å². The molecule has 2 atom stereocenters. The molecule has 3 rings (SSSR count). The zero-order chi connectivity index (χ0) is 24.2.